The standard InChI is InChI=1S/C18H21BrN2/c1-2-17(20)9-13-7-8-16(19)10-18(13)21-11-14-5-3-4-6-15(14)12-21/h3-8,10,17H,2,9,11-12,20H2,1H3. The number of hydrogen-bond acceptors (Lipinski definition) is 2. The van der Waals surface area contributed by atoms with Gasteiger partial charge in [-0.05, 0) is 41.7 Å². The molecule has 0 saturated heterocycles. The quantitative estimate of drug-likeness (QED) is 0.898. The van der Waals surface area contributed by atoms with Crippen molar-refractivity contribution in [2.45, 2.75) is 38.9 Å². The molecule has 110 valence electrons. The van der Waals surface area contributed by atoms with Gasteiger partial charge in [-0.2, -0.15) is 0 Å². The van der Waals surface area contributed by atoms with Crippen LogP contribution in [-0.2, 0) is 19.5 Å². The fourth-order valence-corrected chi connectivity index (χ4v) is 3.28. The van der Waals surface area contributed by atoms with Crippen molar-refractivity contribution >= 4 is 21.6 Å². The Morgan fingerprint density at radius 2 is 1.81 bits per heavy atom. The number of hydrogen-bond donors (Lipinski definition) is 1. The molecular formula is C18H21BrN2. The van der Waals surface area contributed by atoms with E-state index in [-0.39, 0.29) is 6.04 Å². The van der Waals surface area contributed by atoms with Gasteiger partial charge in [0.05, 0.1) is 0 Å². The fourth-order valence-electron chi connectivity index (χ4n) is 2.93. The number of halogens is 1. The van der Waals surface area contributed by atoms with E-state index < -0.39 is 0 Å². The van der Waals surface area contributed by atoms with E-state index >= 15 is 0 Å². The molecule has 0 fully saturated rings. The van der Waals surface area contributed by atoms with Crippen molar-refractivity contribution in [3.8, 4) is 0 Å². The zero-order valence-electron chi connectivity index (χ0n) is 12.3. The van der Waals surface area contributed by atoms with Gasteiger partial charge in [-0.3, -0.25) is 0 Å². The zero-order valence-corrected chi connectivity index (χ0v) is 13.9. The van der Waals surface area contributed by atoms with Crippen LogP contribution in [0.5, 0.6) is 0 Å². The highest BCUT2D eigenvalue weighted by Gasteiger charge is 2.21. The lowest BCUT2D eigenvalue weighted by Gasteiger charge is -2.23. The van der Waals surface area contributed by atoms with Crippen molar-refractivity contribution in [1.29, 1.82) is 0 Å². The van der Waals surface area contributed by atoms with E-state index in [0.717, 1.165) is 30.4 Å². The van der Waals surface area contributed by atoms with E-state index in [1.165, 1.54) is 22.4 Å². The molecule has 3 heteroatoms. The Balaban J connectivity index is 1.90. The average Bonchev–Trinajstić information content (AvgIpc) is 2.92. The van der Waals surface area contributed by atoms with Gasteiger partial charge in [0, 0.05) is 29.3 Å². The Hall–Kier alpha value is -1.32. The SMILES string of the molecule is CCC(N)Cc1ccc(Br)cc1N1Cc2ccccc2C1. The summed E-state index contributed by atoms with van der Waals surface area (Å²) in [4.78, 5) is 2.45. The minimum absolute atomic E-state index is 0.231. The van der Waals surface area contributed by atoms with Gasteiger partial charge < -0.3 is 10.6 Å². The molecule has 0 radical (unpaired) electrons. The van der Waals surface area contributed by atoms with Crippen LogP contribution in [0, 0.1) is 0 Å². The number of benzene rings is 2. The summed E-state index contributed by atoms with van der Waals surface area (Å²) in [6.45, 7) is 4.12. The first kappa shape index (κ1) is 14.6. The second-order valence-electron chi connectivity index (χ2n) is 5.77. The molecule has 1 unspecified atom stereocenters. The van der Waals surface area contributed by atoms with Crippen molar-refractivity contribution in [2.75, 3.05) is 4.90 Å². The maximum absolute atomic E-state index is 6.16. The third-order valence-corrected chi connectivity index (χ3v) is 4.73. The topological polar surface area (TPSA) is 29.3 Å². The fraction of sp³-hybridized carbons (Fsp3) is 0.333. The van der Waals surface area contributed by atoms with Gasteiger partial charge in [0.25, 0.3) is 0 Å². The number of nitrogens with zero attached hydrogens (tertiary/aromatic N) is 1. The van der Waals surface area contributed by atoms with Crippen LogP contribution in [0.1, 0.15) is 30.0 Å². The van der Waals surface area contributed by atoms with Crippen molar-refractivity contribution in [3.05, 3.63) is 63.6 Å². The molecule has 1 atom stereocenters. The Labute approximate surface area is 135 Å². The van der Waals surface area contributed by atoms with Crippen LogP contribution < -0.4 is 10.6 Å². The molecule has 2 aromatic rings. The van der Waals surface area contributed by atoms with Crippen LogP contribution in [0.2, 0.25) is 0 Å². The summed E-state index contributed by atoms with van der Waals surface area (Å²) in [6, 6.07) is 15.5. The Bertz CT molecular complexity index is 614. The third kappa shape index (κ3) is 3.14. The maximum atomic E-state index is 6.16. The lowest BCUT2D eigenvalue weighted by Crippen LogP contribution is -2.24. The summed E-state index contributed by atoms with van der Waals surface area (Å²) in [7, 11) is 0. The molecule has 0 saturated carbocycles. The van der Waals surface area contributed by atoms with Crippen LogP contribution in [-0.4, -0.2) is 6.04 Å². The highest BCUT2D eigenvalue weighted by Crippen LogP contribution is 2.33. The smallest absolute Gasteiger partial charge is 0.0436 e. The predicted octanol–water partition coefficient (Wildman–Crippen LogP) is 4.25. The molecule has 0 amide bonds. The largest absolute Gasteiger partial charge is 0.363 e. The van der Waals surface area contributed by atoms with E-state index in [1.54, 1.807) is 0 Å². The van der Waals surface area contributed by atoms with Gasteiger partial charge in [-0.15, -0.1) is 0 Å². The van der Waals surface area contributed by atoms with Crippen LogP contribution in [0.15, 0.2) is 46.9 Å². The van der Waals surface area contributed by atoms with Crippen molar-refractivity contribution in [3.63, 3.8) is 0 Å². The number of nitrogens with two attached hydrogens (primary N) is 1. The normalized spacial score (nSPS) is 15.1. The van der Waals surface area contributed by atoms with E-state index in [0.29, 0.717) is 0 Å². The van der Waals surface area contributed by atoms with Gasteiger partial charge in [-0.1, -0.05) is 53.2 Å². The summed E-state index contributed by atoms with van der Waals surface area (Å²) >= 11 is 3.60. The zero-order chi connectivity index (χ0) is 14.8. The first-order valence-corrected chi connectivity index (χ1v) is 8.32. The molecule has 2 nitrogen and oxygen atoms in total. The maximum Gasteiger partial charge on any atom is 0.0436 e. The van der Waals surface area contributed by atoms with Gasteiger partial charge in [-0.25, -0.2) is 0 Å². The summed E-state index contributed by atoms with van der Waals surface area (Å²) in [5.74, 6) is 0. The second-order valence-corrected chi connectivity index (χ2v) is 6.69. The minimum atomic E-state index is 0.231. The average molecular weight is 345 g/mol. The first-order chi connectivity index (χ1) is 10.2. The van der Waals surface area contributed by atoms with Crippen LogP contribution in [0.25, 0.3) is 0 Å². The summed E-state index contributed by atoms with van der Waals surface area (Å²) in [5, 5.41) is 0. The Morgan fingerprint density at radius 3 is 2.43 bits per heavy atom. The summed E-state index contributed by atoms with van der Waals surface area (Å²) in [6.07, 6.45) is 1.95. The summed E-state index contributed by atoms with van der Waals surface area (Å²) < 4.78 is 1.13. The molecule has 2 aromatic carbocycles. The highest BCUT2D eigenvalue weighted by molar-refractivity contribution is 9.10. The number of anilines is 1. The number of rotatable bonds is 4. The van der Waals surface area contributed by atoms with E-state index in [4.69, 9.17) is 5.73 Å². The molecule has 0 bridgehead atoms. The van der Waals surface area contributed by atoms with Crippen molar-refractivity contribution in [2.24, 2.45) is 5.73 Å². The molecule has 3 rings (SSSR count). The molecule has 1 aliphatic rings. The molecular weight excluding hydrogens is 324 g/mol. The molecule has 0 aliphatic carbocycles. The van der Waals surface area contributed by atoms with Crippen molar-refractivity contribution < 1.29 is 0 Å². The number of fused-ring (bicyclic) bond motifs is 1. The van der Waals surface area contributed by atoms with Gasteiger partial charge >= 0.3 is 0 Å². The van der Waals surface area contributed by atoms with Gasteiger partial charge in [0.2, 0.25) is 0 Å². The van der Waals surface area contributed by atoms with Crippen LogP contribution in [0.4, 0.5) is 5.69 Å². The Kier molecular flexibility index (Phi) is 4.32. The third-order valence-electron chi connectivity index (χ3n) is 4.24. The molecule has 2 N–H and O–H groups in total. The van der Waals surface area contributed by atoms with E-state index in [1.807, 2.05) is 0 Å². The van der Waals surface area contributed by atoms with Gasteiger partial charge in [0.1, 0.15) is 0 Å². The van der Waals surface area contributed by atoms with E-state index in [2.05, 4.69) is 70.2 Å². The minimum Gasteiger partial charge on any atom is -0.363 e. The molecule has 0 aromatic heterocycles. The van der Waals surface area contributed by atoms with E-state index in [9.17, 15) is 0 Å². The monoisotopic (exact) mass is 344 g/mol. The lowest BCUT2D eigenvalue weighted by atomic mass is 10.0. The lowest BCUT2D eigenvalue weighted by molar-refractivity contribution is 0.644. The molecule has 1 heterocycles. The highest BCUT2D eigenvalue weighted by atomic mass is 79.9. The van der Waals surface area contributed by atoms with Gasteiger partial charge in [0.15, 0.2) is 0 Å². The Morgan fingerprint density at radius 1 is 1.14 bits per heavy atom. The first-order valence-electron chi connectivity index (χ1n) is 7.53. The van der Waals surface area contributed by atoms with Crippen LogP contribution >= 0.6 is 15.9 Å². The second kappa shape index (κ2) is 6.20. The molecule has 21 heavy (non-hydrogen) atoms. The predicted molar refractivity (Wildman–Crippen MR) is 92.4 cm³/mol. The van der Waals surface area contributed by atoms with Crippen molar-refractivity contribution in [1.82, 2.24) is 0 Å². The molecule has 0 spiro atoms. The summed E-state index contributed by atoms with van der Waals surface area (Å²) in [5.41, 5.74) is 11.7. The van der Waals surface area contributed by atoms with Crippen LogP contribution in [0.3, 0.4) is 0 Å². The molecule has 1 aliphatic heterocycles.